The van der Waals surface area contributed by atoms with Crippen molar-refractivity contribution in [2.45, 2.75) is 17.3 Å². The Kier molecular flexibility index (Phi) is 4.19. The number of anilines is 1. The zero-order valence-corrected chi connectivity index (χ0v) is 12.5. The molecule has 7 nitrogen and oxygen atoms in total. The van der Waals surface area contributed by atoms with Gasteiger partial charge in [0.25, 0.3) is 0 Å². The van der Waals surface area contributed by atoms with Gasteiger partial charge in [-0.15, -0.1) is 0 Å². The Bertz CT molecular complexity index is 742. The molecule has 2 heterocycles. The summed E-state index contributed by atoms with van der Waals surface area (Å²) in [5.41, 5.74) is 0.863. The molecule has 3 aromatic rings. The number of hydrogen-bond acceptors (Lipinski definition) is 6. The van der Waals surface area contributed by atoms with Crippen molar-refractivity contribution in [1.29, 1.82) is 0 Å². The van der Waals surface area contributed by atoms with Gasteiger partial charge in [0.2, 0.25) is 5.91 Å². The van der Waals surface area contributed by atoms with E-state index in [0.29, 0.717) is 16.7 Å². The molecule has 1 aromatic carbocycles. The number of aromatic amines is 1. The number of carbonyl (C=O) groups is 1. The number of amides is 1. The second-order valence-corrected chi connectivity index (χ2v) is 5.61. The number of nitrogens with one attached hydrogen (secondary N) is 2. The Hall–Kier alpha value is -2.61. The van der Waals surface area contributed by atoms with Crippen LogP contribution in [0.25, 0.3) is 0 Å². The van der Waals surface area contributed by atoms with Crippen molar-refractivity contribution in [3.63, 3.8) is 0 Å². The number of carbonyl (C=O) groups excluding carboxylic acids is 1. The minimum Gasteiger partial charge on any atom is -0.360 e. The van der Waals surface area contributed by atoms with Crippen molar-refractivity contribution in [2.24, 2.45) is 0 Å². The lowest BCUT2D eigenvalue weighted by Gasteiger charge is -2.14. The molecule has 0 aliphatic rings. The minimum absolute atomic E-state index is 0.207. The molecule has 0 fully saturated rings. The number of benzene rings is 1. The number of nitrogens with zero attached hydrogens (tertiary/aromatic N) is 3. The van der Waals surface area contributed by atoms with E-state index in [0.717, 1.165) is 5.56 Å². The van der Waals surface area contributed by atoms with Gasteiger partial charge in [-0.25, -0.2) is 4.98 Å². The maximum atomic E-state index is 12.6. The largest absolute Gasteiger partial charge is 0.360 e. The summed E-state index contributed by atoms with van der Waals surface area (Å²) in [6, 6.07) is 11.1. The molecule has 0 spiro atoms. The molecule has 3 rings (SSSR count). The summed E-state index contributed by atoms with van der Waals surface area (Å²) in [7, 11) is 0. The van der Waals surface area contributed by atoms with Gasteiger partial charge in [-0.2, -0.15) is 5.10 Å². The van der Waals surface area contributed by atoms with E-state index < -0.39 is 5.25 Å². The molecule has 1 unspecified atom stereocenters. The highest BCUT2D eigenvalue weighted by atomic mass is 32.2. The SMILES string of the molecule is Cc1cc(NC(=O)C(Sc2ncn[nH]2)c2ccccc2)no1. The van der Waals surface area contributed by atoms with Crippen LogP contribution in [0.1, 0.15) is 16.6 Å². The molecular weight excluding hydrogens is 302 g/mol. The average Bonchev–Trinajstić information content (AvgIpc) is 3.17. The fraction of sp³-hybridized carbons (Fsp3) is 0.143. The van der Waals surface area contributed by atoms with Gasteiger partial charge in [-0.3, -0.25) is 9.89 Å². The smallest absolute Gasteiger partial charge is 0.243 e. The number of H-pyrrole nitrogens is 1. The van der Waals surface area contributed by atoms with Crippen LogP contribution in [0.15, 0.2) is 52.4 Å². The Balaban J connectivity index is 1.82. The second kappa shape index (κ2) is 6.44. The van der Waals surface area contributed by atoms with Gasteiger partial charge in [0.1, 0.15) is 17.3 Å². The lowest BCUT2D eigenvalue weighted by Crippen LogP contribution is -2.19. The third-order valence-electron chi connectivity index (χ3n) is 2.84. The molecule has 1 amide bonds. The van der Waals surface area contributed by atoms with Crippen LogP contribution in [-0.2, 0) is 4.79 Å². The first kappa shape index (κ1) is 14.3. The molecule has 0 aliphatic heterocycles. The highest BCUT2D eigenvalue weighted by molar-refractivity contribution is 8.00. The fourth-order valence-electron chi connectivity index (χ4n) is 1.88. The third-order valence-corrected chi connectivity index (χ3v) is 3.98. The lowest BCUT2D eigenvalue weighted by molar-refractivity contribution is -0.115. The monoisotopic (exact) mass is 315 g/mol. The van der Waals surface area contributed by atoms with Crippen LogP contribution < -0.4 is 5.32 Å². The maximum absolute atomic E-state index is 12.6. The van der Waals surface area contributed by atoms with Crippen molar-refractivity contribution >= 4 is 23.5 Å². The van der Waals surface area contributed by atoms with Crippen LogP contribution in [0.3, 0.4) is 0 Å². The molecule has 0 aliphatic carbocycles. The number of hydrogen-bond donors (Lipinski definition) is 2. The van der Waals surface area contributed by atoms with E-state index in [1.807, 2.05) is 30.3 Å². The first-order valence-electron chi connectivity index (χ1n) is 6.53. The number of rotatable bonds is 5. The molecule has 112 valence electrons. The summed E-state index contributed by atoms with van der Waals surface area (Å²) in [4.78, 5) is 16.6. The van der Waals surface area contributed by atoms with Crippen LogP contribution >= 0.6 is 11.8 Å². The molecule has 0 saturated heterocycles. The molecule has 22 heavy (non-hydrogen) atoms. The van der Waals surface area contributed by atoms with Crippen molar-refractivity contribution in [3.05, 3.63) is 54.0 Å². The van der Waals surface area contributed by atoms with E-state index >= 15 is 0 Å². The number of thioether (sulfide) groups is 1. The van der Waals surface area contributed by atoms with Crippen molar-refractivity contribution in [2.75, 3.05) is 5.32 Å². The average molecular weight is 315 g/mol. The van der Waals surface area contributed by atoms with Gasteiger partial charge in [-0.1, -0.05) is 47.3 Å². The second-order valence-electron chi connectivity index (χ2n) is 4.51. The zero-order chi connectivity index (χ0) is 15.4. The normalized spacial score (nSPS) is 12.0. The highest BCUT2D eigenvalue weighted by Gasteiger charge is 2.24. The molecule has 8 heteroatoms. The van der Waals surface area contributed by atoms with E-state index in [9.17, 15) is 4.79 Å². The standard InChI is InChI=1S/C14H13N5O2S/c1-9-7-11(19-21-9)17-13(20)12(10-5-3-2-4-6-10)22-14-15-8-16-18-14/h2-8,12H,1H3,(H,15,16,18)(H,17,19,20). The van der Waals surface area contributed by atoms with Crippen LogP contribution in [0.2, 0.25) is 0 Å². The van der Waals surface area contributed by atoms with E-state index in [1.54, 1.807) is 13.0 Å². The highest BCUT2D eigenvalue weighted by Crippen LogP contribution is 2.33. The topological polar surface area (TPSA) is 96.7 Å². The first-order chi connectivity index (χ1) is 10.7. The van der Waals surface area contributed by atoms with Crippen molar-refractivity contribution in [1.82, 2.24) is 20.3 Å². The van der Waals surface area contributed by atoms with E-state index in [-0.39, 0.29) is 5.91 Å². The van der Waals surface area contributed by atoms with Gasteiger partial charge in [-0.05, 0) is 12.5 Å². The summed E-state index contributed by atoms with van der Waals surface area (Å²) < 4.78 is 4.96. The summed E-state index contributed by atoms with van der Waals surface area (Å²) in [5.74, 6) is 0.817. The summed E-state index contributed by atoms with van der Waals surface area (Å²) in [6.45, 7) is 1.76. The molecule has 2 N–H and O–H groups in total. The first-order valence-corrected chi connectivity index (χ1v) is 7.41. The summed E-state index contributed by atoms with van der Waals surface area (Å²) in [6.07, 6.45) is 1.41. The third kappa shape index (κ3) is 3.34. The Morgan fingerprint density at radius 3 is 2.82 bits per heavy atom. The minimum atomic E-state index is -0.480. The predicted octanol–water partition coefficient (Wildman–Crippen LogP) is 2.57. The maximum Gasteiger partial charge on any atom is 0.243 e. The van der Waals surface area contributed by atoms with Crippen LogP contribution in [0.5, 0.6) is 0 Å². The molecule has 2 aromatic heterocycles. The lowest BCUT2D eigenvalue weighted by atomic mass is 10.1. The van der Waals surface area contributed by atoms with Gasteiger partial charge < -0.3 is 9.84 Å². The van der Waals surface area contributed by atoms with E-state index in [2.05, 4.69) is 25.7 Å². The number of aryl methyl sites for hydroxylation is 1. The van der Waals surface area contributed by atoms with E-state index in [1.165, 1.54) is 18.1 Å². The van der Waals surface area contributed by atoms with Gasteiger partial charge in [0, 0.05) is 6.07 Å². The summed E-state index contributed by atoms with van der Waals surface area (Å²) in [5, 5.41) is 13.2. The van der Waals surface area contributed by atoms with Gasteiger partial charge >= 0.3 is 0 Å². The van der Waals surface area contributed by atoms with Gasteiger partial charge in [0.05, 0.1) is 0 Å². The van der Waals surface area contributed by atoms with Gasteiger partial charge in [0.15, 0.2) is 11.0 Å². The molecule has 0 saturated carbocycles. The van der Waals surface area contributed by atoms with Crippen LogP contribution in [0, 0.1) is 6.92 Å². The molecule has 1 atom stereocenters. The Morgan fingerprint density at radius 2 is 2.18 bits per heavy atom. The van der Waals surface area contributed by atoms with Crippen LogP contribution in [-0.4, -0.2) is 26.2 Å². The molecular formula is C14H13N5O2S. The summed E-state index contributed by atoms with van der Waals surface area (Å²) >= 11 is 1.28. The van der Waals surface area contributed by atoms with Crippen molar-refractivity contribution in [3.8, 4) is 0 Å². The van der Waals surface area contributed by atoms with Crippen molar-refractivity contribution < 1.29 is 9.32 Å². The Labute approximate surface area is 130 Å². The van der Waals surface area contributed by atoms with E-state index in [4.69, 9.17) is 4.52 Å². The number of aromatic nitrogens is 4. The fourth-order valence-corrected chi connectivity index (χ4v) is 2.78. The zero-order valence-electron chi connectivity index (χ0n) is 11.7. The predicted molar refractivity (Wildman–Crippen MR) is 81.3 cm³/mol. The molecule has 0 bridgehead atoms. The Morgan fingerprint density at radius 1 is 1.36 bits per heavy atom. The van der Waals surface area contributed by atoms with Crippen LogP contribution in [0.4, 0.5) is 5.82 Å². The molecule has 0 radical (unpaired) electrons. The quantitative estimate of drug-likeness (QED) is 0.702.